The Morgan fingerprint density at radius 3 is 2.44 bits per heavy atom. The minimum Gasteiger partial charge on any atom is -0.406 e. The van der Waals surface area contributed by atoms with Gasteiger partial charge in [-0.25, -0.2) is 9.78 Å². The first kappa shape index (κ1) is 20.4. The second-order valence-corrected chi connectivity index (χ2v) is 8.21. The van der Waals surface area contributed by atoms with Gasteiger partial charge in [-0.15, -0.1) is 13.2 Å². The van der Waals surface area contributed by atoms with E-state index in [0.29, 0.717) is 17.4 Å². The predicted molar refractivity (Wildman–Crippen MR) is 116 cm³/mol. The van der Waals surface area contributed by atoms with Crippen molar-refractivity contribution >= 4 is 34.1 Å². The normalized spacial score (nSPS) is 19.9. The van der Waals surface area contributed by atoms with Crippen molar-refractivity contribution in [2.24, 2.45) is 5.92 Å². The molecular formula is C23H21F3N4O2. The molecule has 2 fully saturated rings. The number of ether oxygens (including phenoxy) is 1. The Hall–Kier alpha value is -3.49. The number of hydrogen-bond donors (Lipinski definition) is 2. The van der Waals surface area contributed by atoms with Gasteiger partial charge in [0, 0.05) is 29.3 Å². The van der Waals surface area contributed by atoms with Crippen LogP contribution in [0.15, 0.2) is 54.6 Å². The molecule has 2 bridgehead atoms. The fourth-order valence-corrected chi connectivity index (χ4v) is 4.59. The summed E-state index contributed by atoms with van der Waals surface area (Å²) in [6, 6.07) is 14.5. The molecule has 0 radical (unpaired) electrons. The average Bonchev–Trinajstić information content (AvgIpc) is 3.37. The number of anilines is 3. The van der Waals surface area contributed by atoms with Crippen LogP contribution in [0, 0.1) is 5.92 Å². The number of pyridine rings is 1. The Bertz CT molecular complexity index is 1150. The molecule has 1 saturated carbocycles. The van der Waals surface area contributed by atoms with Gasteiger partial charge in [-0.05, 0) is 79.8 Å². The summed E-state index contributed by atoms with van der Waals surface area (Å²) in [6.07, 6.45) is -0.945. The molecule has 2 heterocycles. The summed E-state index contributed by atoms with van der Waals surface area (Å²) in [5, 5.41) is 6.22. The zero-order chi connectivity index (χ0) is 22.3. The van der Waals surface area contributed by atoms with Crippen LogP contribution in [0.4, 0.5) is 35.2 Å². The van der Waals surface area contributed by atoms with E-state index in [-0.39, 0.29) is 5.75 Å². The van der Waals surface area contributed by atoms with E-state index in [4.69, 9.17) is 4.98 Å². The van der Waals surface area contributed by atoms with Crippen LogP contribution in [0.3, 0.4) is 0 Å². The molecule has 1 aliphatic heterocycles. The minimum atomic E-state index is -4.76. The number of hydrogen-bond acceptors (Lipinski definition) is 4. The SMILES string of the molecule is O=C(Nc1ccc(OC(F)(F)F)cc1)Nc1ccc2nc(N3CC4CCC3C4)ccc2c1. The maximum atomic E-state index is 12.3. The van der Waals surface area contributed by atoms with Gasteiger partial charge in [-0.3, -0.25) is 0 Å². The van der Waals surface area contributed by atoms with Crippen molar-refractivity contribution in [2.75, 3.05) is 22.1 Å². The summed E-state index contributed by atoms with van der Waals surface area (Å²) >= 11 is 0. The number of amides is 2. The monoisotopic (exact) mass is 442 g/mol. The van der Waals surface area contributed by atoms with Gasteiger partial charge in [0.15, 0.2) is 0 Å². The first-order chi connectivity index (χ1) is 15.3. The summed E-state index contributed by atoms with van der Waals surface area (Å²) in [4.78, 5) is 19.5. The van der Waals surface area contributed by atoms with Crippen LogP contribution in [-0.4, -0.2) is 30.0 Å². The van der Waals surface area contributed by atoms with Crippen LogP contribution in [0.2, 0.25) is 0 Å². The number of carbonyl (C=O) groups is 1. The number of alkyl halides is 3. The lowest BCUT2D eigenvalue weighted by molar-refractivity contribution is -0.274. The van der Waals surface area contributed by atoms with Crippen LogP contribution in [0.25, 0.3) is 10.9 Å². The topological polar surface area (TPSA) is 66.5 Å². The molecule has 2 unspecified atom stereocenters. The lowest BCUT2D eigenvalue weighted by atomic mass is 10.1. The molecule has 2 amide bonds. The van der Waals surface area contributed by atoms with E-state index in [9.17, 15) is 18.0 Å². The quantitative estimate of drug-likeness (QED) is 0.539. The number of rotatable bonds is 4. The number of halogens is 3. The number of benzene rings is 2. The summed E-state index contributed by atoms with van der Waals surface area (Å²) < 4.78 is 40.5. The number of fused-ring (bicyclic) bond motifs is 3. The third-order valence-corrected chi connectivity index (χ3v) is 5.98. The maximum Gasteiger partial charge on any atom is 0.573 e. The average molecular weight is 442 g/mol. The molecule has 2 atom stereocenters. The number of aromatic nitrogens is 1. The molecule has 2 N–H and O–H groups in total. The van der Waals surface area contributed by atoms with Crippen molar-refractivity contribution in [1.82, 2.24) is 4.98 Å². The number of nitrogens with zero attached hydrogens (tertiary/aromatic N) is 2. The number of carbonyl (C=O) groups excluding carboxylic acids is 1. The molecule has 2 aromatic carbocycles. The molecule has 1 aliphatic carbocycles. The van der Waals surface area contributed by atoms with Crippen molar-refractivity contribution < 1.29 is 22.7 Å². The highest BCUT2D eigenvalue weighted by Gasteiger charge is 2.38. The van der Waals surface area contributed by atoms with E-state index < -0.39 is 12.4 Å². The van der Waals surface area contributed by atoms with Gasteiger partial charge in [0.1, 0.15) is 11.6 Å². The van der Waals surface area contributed by atoms with E-state index in [1.54, 1.807) is 6.07 Å². The van der Waals surface area contributed by atoms with E-state index in [2.05, 4.69) is 20.3 Å². The van der Waals surface area contributed by atoms with Gasteiger partial charge in [0.2, 0.25) is 0 Å². The first-order valence-electron chi connectivity index (χ1n) is 10.4. The molecule has 2 aliphatic rings. The van der Waals surface area contributed by atoms with Crippen molar-refractivity contribution in [3.63, 3.8) is 0 Å². The molecule has 32 heavy (non-hydrogen) atoms. The highest BCUT2D eigenvalue weighted by atomic mass is 19.4. The molecule has 3 aromatic rings. The Morgan fingerprint density at radius 2 is 1.75 bits per heavy atom. The Morgan fingerprint density at radius 1 is 1.00 bits per heavy atom. The van der Waals surface area contributed by atoms with E-state index in [1.807, 2.05) is 24.3 Å². The molecule has 9 heteroatoms. The van der Waals surface area contributed by atoms with Crippen LogP contribution in [0.1, 0.15) is 19.3 Å². The third kappa shape index (κ3) is 4.42. The summed E-state index contributed by atoms with van der Waals surface area (Å²) in [5.41, 5.74) is 1.78. The zero-order valence-electron chi connectivity index (χ0n) is 17.0. The molecule has 0 spiro atoms. The fraction of sp³-hybridized carbons (Fsp3) is 0.304. The zero-order valence-corrected chi connectivity index (χ0v) is 17.0. The van der Waals surface area contributed by atoms with Gasteiger partial charge >= 0.3 is 12.4 Å². The minimum absolute atomic E-state index is 0.337. The van der Waals surface area contributed by atoms with E-state index >= 15 is 0 Å². The van der Waals surface area contributed by atoms with Gasteiger partial charge in [-0.1, -0.05) is 0 Å². The number of piperidine rings is 1. The number of urea groups is 1. The second-order valence-electron chi connectivity index (χ2n) is 8.21. The Balaban J connectivity index is 1.23. The summed E-state index contributed by atoms with van der Waals surface area (Å²) in [7, 11) is 0. The van der Waals surface area contributed by atoms with Gasteiger partial charge in [0.05, 0.1) is 5.52 Å². The largest absolute Gasteiger partial charge is 0.573 e. The third-order valence-electron chi connectivity index (χ3n) is 5.98. The van der Waals surface area contributed by atoms with Crippen molar-refractivity contribution in [3.05, 3.63) is 54.6 Å². The van der Waals surface area contributed by atoms with Crippen LogP contribution in [-0.2, 0) is 0 Å². The lowest BCUT2D eigenvalue weighted by Crippen LogP contribution is -2.32. The van der Waals surface area contributed by atoms with Gasteiger partial charge < -0.3 is 20.3 Å². The second kappa shape index (κ2) is 7.89. The van der Waals surface area contributed by atoms with Crippen molar-refractivity contribution in [1.29, 1.82) is 0 Å². The Kier molecular flexibility index (Phi) is 5.03. The summed E-state index contributed by atoms with van der Waals surface area (Å²) in [6.45, 7) is 1.08. The highest BCUT2D eigenvalue weighted by molar-refractivity contribution is 6.01. The Labute approximate surface area is 182 Å². The molecular weight excluding hydrogens is 421 g/mol. The van der Waals surface area contributed by atoms with Crippen LogP contribution < -0.4 is 20.3 Å². The van der Waals surface area contributed by atoms with Crippen molar-refractivity contribution in [2.45, 2.75) is 31.7 Å². The van der Waals surface area contributed by atoms with Gasteiger partial charge in [0.25, 0.3) is 0 Å². The number of nitrogens with one attached hydrogen (secondary N) is 2. The molecule has 1 saturated heterocycles. The standard InChI is InChI=1S/C23H21F3N4O2/c24-23(25,26)32-19-7-3-16(4-8-19)27-22(31)28-17-5-9-20-15(12-17)2-10-21(29-20)30-13-14-1-6-18(30)11-14/h2-5,7-10,12,14,18H,1,6,11,13H2,(H2,27,28,31). The molecule has 166 valence electrons. The predicted octanol–water partition coefficient (Wildman–Crippen LogP) is 5.77. The van der Waals surface area contributed by atoms with Crippen molar-refractivity contribution in [3.8, 4) is 5.75 Å². The maximum absolute atomic E-state index is 12.3. The van der Waals surface area contributed by atoms with Crippen LogP contribution >= 0.6 is 0 Å². The fourth-order valence-electron chi connectivity index (χ4n) is 4.59. The lowest BCUT2D eigenvalue weighted by Gasteiger charge is -2.28. The summed E-state index contributed by atoms with van der Waals surface area (Å²) in [5.74, 6) is 1.43. The van der Waals surface area contributed by atoms with Gasteiger partial charge in [-0.2, -0.15) is 0 Å². The van der Waals surface area contributed by atoms with E-state index in [1.165, 1.54) is 31.4 Å². The first-order valence-corrected chi connectivity index (χ1v) is 10.4. The highest BCUT2D eigenvalue weighted by Crippen LogP contribution is 2.39. The van der Waals surface area contributed by atoms with E-state index in [0.717, 1.165) is 41.3 Å². The molecule has 6 nitrogen and oxygen atoms in total. The molecule has 1 aromatic heterocycles. The smallest absolute Gasteiger partial charge is 0.406 e. The van der Waals surface area contributed by atoms with Crippen LogP contribution in [0.5, 0.6) is 5.75 Å². The molecule has 5 rings (SSSR count).